The Balaban J connectivity index is 3.41. The van der Waals surface area contributed by atoms with Crippen molar-refractivity contribution in [1.82, 2.24) is 8.75 Å². The molecule has 0 saturated carbocycles. The molecular formula is C16H17ClF3N2O6PS2. The number of nitrogens with zero attached hydrogens (tertiary/aromatic N) is 2. The number of hydrogen-bond donors (Lipinski definition) is 0. The quantitative estimate of drug-likeness (QED) is 0.177. The monoisotopic (exact) mass is 520 g/mol. The number of halogens is 4. The van der Waals surface area contributed by atoms with Crippen LogP contribution in [0.3, 0.4) is 0 Å². The highest BCUT2D eigenvalue weighted by atomic mass is 35.5. The first kappa shape index (κ1) is 27.3. The smallest absolute Gasteiger partial charge is 0.419 e. The summed E-state index contributed by atoms with van der Waals surface area (Å²) < 4.78 is 81.6. The van der Waals surface area contributed by atoms with Crippen LogP contribution in [0.5, 0.6) is 5.75 Å². The van der Waals surface area contributed by atoms with Crippen molar-refractivity contribution in [2.45, 2.75) is 24.6 Å². The molecule has 0 aliphatic rings. The van der Waals surface area contributed by atoms with E-state index < -0.39 is 49.9 Å². The van der Waals surface area contributed by atoms with E-state index in [4.69, 9.17) is 22.8 Å². The van der Waals surface area contributed by atoms with Crippen molar-refractivity contribution in [3.8, 4) is 18.1 Å². The van der Waals surface area contributed by atoms with Gasteiger partial charge >= 0.3 is 34.1 Å². The van der Waals surface area contributed by atoms with E-state index in [1.807, 2.05) is 0 Å². The molecule has 1 aromatic rings. The molecule has 1 rings (SSSR count). The van der Waals surface area contributed by atoms with E-state index in [1.165, 1.54) is 38.1 Å². The summed E-state index contributed by atoms with van der Waals surface area (Å²) in [5.41, 5.74) is -5.86. The van der Waals surface area contributed by atoms with Crippen LogP contribution in [0.4, 0.5) is 13.2 Å². The fourth-order valence-corrected chi connectivity index (χ4v) is 9.84. The van der Waals surface area contributed by atoms with Crippen molar-refractivity contribution < 1.29 is 40.5 Å². The lowest BCUT2D eigenvalue weighted by Gasteiger charge is -2.35. The number of carbonyl (C=O) groups is 2. The maximum absolute atomic E-state index is 13.5. The molecule has 0 saturated heterocycles. The van der Waals surface area contributed by atoms with Crippen LogP contribution in [0.2, 0.25) is 5.02 Å². The zero-order valence-electron chi connectivity index (χ0n) is 16.3. The van der Waals surface area contributed by atoms with Gasteiger partial charge in [0.25, 0.3) is 0 Å². The minimum absolute atomic E-state index is 0.108. The highest BCUT2D eigenvalue weighted by Gasteiger charge is 2.58. The van der Waals surface area contributed by atoms with Crippen LogP contribution in [0, 0.1) is 12.3 Å². The summed E-state index contributed by atoms with van der Waals surface area (Å²) in [6.45, 7) is -3.44. The normalized spacial score (nSPS) is 14.1. The lowest BCUT2D eigenvalue weighted by atomic mass is 10.3. The average molecular weight is 521 g/mol. The number of ether oxygens (including phenoxy) is 1. The summed E-state index contributed by atoms with van der Waals surface area (Å²) in [5, 5.41) is -0.430. The van der Waals surface area contributed by atoms with Crippen molar-refractivity contribution in [3.63, 3.8) is 0 Å². The number of carbonyl (C=O) groups excluding carboxylic acids is 2. The Morgan fingerprint density at radius 1 is 1.29 bits per heavy atom. The second kappa shape index (κ2) is 10.3. The second-order valence-corrected chi connectivity index (χ2v) is 13.8. The third kappa shape index (κ3) is 6.40. The van der Waals surface area contributed by atoms with E-state index in [-0.39, 0.29) is 21.8 Å². The van der Waals surface area contributed by atoms with E-state index in [2.05, 4.69) is 0 Å². The minimum atomic E-state index is -6.23. The van der Waals surface area contributed by atoms with Crippen LogP contribution < -0.4 is 4.74 Å². The van der Waals surface area contributed by atoms with Crippen LogP contribution in [0.1, 0.15) is 13.8 Å². The van der Waals surface area contributed by atoms with Crippen molar-refractivity contribution in [3.05, 3.63) is 29.3 Å². The number of likely N-dealkylation sites (N-methyl/N-ethyl adjacent to an activating group) is 1. The first-order chi connectivity index (χ1) is 14.1. The first-order valence-electron chi connectivity index (χ1n) is 8.15. The molecule has 1 unspecified atom stereocenters. The summed E-state index contributed by atoms with van der Waals surface area (Å²) in [6.07, 6.45) is 4.99. The predicted octanol–water partition coefficient (Wildman–Crippen LogP) is 3.74. The molecule has 0 radical (unpaired) electrons. The van der Waals surface area contributed by atoms with Gasteiger partial charge in [0.2, 0.25) is 0 Å². The molecule has 0 fully saturated rings. The molecule has 172 valence electrons. The molecule has 0 aliphatic heterocycles. The van der Waals surface area contributed by atoms with Crippen molar-refractivity contribution in [2.75, 3.05) is 13.6 Å². The highest BCUT2D eigenvalue weighted by Crippen LogP contribution is 2.67. The van der Waals surface area contributed by atoms with E-state index in [1.54, 1.807) is 5.92 Å². The molecule has 1 aromatic carbocycles. The van der Waals surface area contributed by atoms with Gasteiger partial charge in [0, 0.05) is 17.3 Å². The standard InChI is InChI=1S/C16H17ClF3N2O6PS2/c1-5-10-22(31(26,27)16(18,19)20)29(25,30-11(2)3)21(4)14(23)15(24)28-13-8-6-12(17)7-9-13/h1,6-9,11H,10H2,2-4H3. The summed E-state index contributed by atoms with van der Waals surface area (Å²) in [5.74, 6) is -1.70. The maximum atomic E-state index is 13.5. The lowest BCUT2D eigenvalue weighted by molar-refractivity contribution is -0.150. The Kier molecular flexibility index (Phi) is 9.05. The Morgan fingerprint density at radius 3 is 2.23 bits per heavy atom. The van der Waals surface area contributed by atoms with Crippen LogP contribution in [-0.4, -0.2) is 53.4 Å². The molecule has 1 atom stereocenters. The molecule has 0 bridgehead atoms. The Morgan fingerprint density at radius 2 is 1.81 bits per heavy atom. The number of sulfonamides is 1. The van der Waals surface area contributed by atoms with Crippen LogP contribution >= 0.6 is 29.6 Å². The molecule has 0 heterocycles. The largest absolute Gasteiger partial charge is 0.512 e. The summed E-state index contributed by atoms with van der Waals surface area (Å²) >= 11 is 5.93. The predicted molar refractivity (Wildman–Crippen MR) is 111 cm³/mol. The number of terminal acetylenes is 1. The number of benzene rings is 1. The van der Waals surface area contributed by atoms with Gasteiger partial charge < -0.3 is 4.74 Å². The zero-order valence-corrected chi connectivity index (χ0v) is 19.6. The van der Waals surface area contributed by atoms with Gasteiger partial charge in [-0.15, -0.1) is 10.5 Å². The van der Waals surface area contributed by atoms with Gasteiger partial charge in [-0.3, -0.25) is 14.0 Å². The number of rotatable bonds is 7. The molecule has 0 aliphatic carbocycles. The molecule has 0 spiro atoms. The molecular weight excluding hydrogens is 504 g/mol. The van der Waals surface area contributed by atoms with Crippen LogP contribution in [0.25, 0.3) is 0 Å². The molecule has 0 aromatic heterocycles. The van der Waals surface area contributed by atoms with E-state index in [0.29, 0.717) is 5.02 Å². The van der Waals surface area contributed by atoms with Crippen molar-refractivity contribution in [1.29, 1.82) is 0 Å². The maximum Gasteiger partial charge on any atom is 0.512 e. The van der Waals surface area contributed by atoms with E-state index in [0.717, 1.165) is 7.05 Å². The lowest BCUT2D eigenvalue weighted by Crippen LogP contribution is -2.44. The third-order valence-electron chi connectivity index (χ3n) is 3.30. The molecule has 31 heavy (non-hydrogen) atoms. The molecule has 15 heteroatoms. The van der Waals surface area contributed by atoms with Gasteiger partial charge in [-0.2, -0.15) is 13.2 Å². The van der Waals surface area contributed by atoms with Gasteiger partial charge in [0.05, 0.1) is 6.54 Å². The van der Waals surface area contributed by atoms with Crippen LogP contribution in [-0.2, 0) is 24.2 Å². The summed E-state index contributed by atoms with van der Waals surface area (Å²) in [7, 11) is -5.51. The Hall–Kier alpha value is -1.71. The second-order valence-electron chi connectivity index (χ2n) is 5.95. The fourth-order valence-electron chi connectivity index (χ4n) is 1.96. The number of amides is 1. The third-order valence-corrected chi connectivity index (χ3v) is 12.2. The first-order valence-corrected chi connectivity index (χ1v) is 13.1. The van der Waals surface area contributed by atoms with Crippen molar-refractivity contribution in [2.24, 2.45) is 0 Å². The van der Waals surface area contributed by atoms with Gasteiger partial charge in [-0.1, -0.05) is 42.8 Å². The van der Waals surface area contributed by atoms with Gasteiger partial charge in [0.15, 0.2) is 0 Å². The Bertz CT molecular complexity index is 1030. The van der Waals surface area contributed by atoms with Crippen molar-refractivity contribution >= 4 is 51.5 Å². The molecule has 1 amide bonds. The van der Waals surface area contributed by atoms with E-state index in [9.17, 15) is 35.7 Å². The number of hydrogen-bond acceptors (Lipinski definition) is 7. The number of alkyl halides is 3. The fraction of sp³-hybridized carbons (Fsp3) is 0.375. The zero-order chi connectivity index (χ0) is 24.2. The SMILES string of the molecule is C#CCN(P(=O)(SC(C)C)N(C)C(=O)C(=O)Oc1ccc(Cl)cc1)S(=O)(=O)C(F)(F)F. The highest BCUT2D eigenvalue weighted by molar-refractivity contribution is 8.58. The van der Waals surface area contributed by atoms with Crippen LogP contribution in [0.15, 0.2) is 24.3 Å². The van der Waals surface area contributed by atoms with Gasteiger partial charge in [-0.25, -0.2) is 13.2 Å². The average Bonchev–Trinajstić information content (AvgIpc) is 2.64. The number of esters is 1. The summed E-state index contributed by atoms with van der Waals surface area (Å²) in [4.78, 5) is 24.7. The summed E-state index contributed by atoms with van der Waals surface area (Å²) in [6, 6.07) is 5.13. The topological polar surface area (TPSA) is 101 Å². The van der Waals surface area contributed by atoms with Gasteiger partial charge in [0.1, 0.15) is 5.75 Å². The molecule has 8 nitrogen and oxygen atoms in total. The Labute approximate surface area is 186 Å². The minimum Gasteiger partial charge on any atom is -0.419 e. The van der Waals surface area contributed by atoms with Gasteiger partial charge in [-0.05, 0) is 24.3 Å². The van der Waals surface area contributed by atoms with E-state index >= 15 is 0 Å². The molecule has 0 N–H and O–H groups in total.